The molecule has 0 aliphatic carbocycles. The van der Waals surface area contributed by atoms with Gasteiger partial charge in [0.15, 0.2) is 5.96 Å². The minimum absolute atomic E-state index is 0.274. The number of benzene rings is 1. The number of aliphatic imine (C=N–C) groups is 1. The van der Waals surface area contributed by atoms with E-state index in [0.29, 0.717) is 0 Å². The molecule has 0 saturated carbocycles. The van der Waals surface area contributed by atoms with Gasteiger partial charge >= 0.3 is 0 Å². The SMILES string of the molecule is CN=C(NCC1(N2CCCCC2)CCN(C)CC1)N(C)Cc1ccccc1. The molecule has 0 amide bonds. The monoisotopic (exact) mass is 371 g/mol. The van der Waals surface area contributed by atoms with Crippen LogP contribution in [0.4, 0.5) is 0 Å². The molecule has 2 heterocycles. The molecule has 1 aromatic rings. The van der Waals surface area contributed by atoms with Crippen molar-refractivity contribution in [3.63, 3.8) is 0 Å². The summed E-state index contributed by atoms with van der Waals surface area (Å²) in [5, 5.41) is 3.73. The molecule has 2 aliphatic heterocycles. The summed E-state index contributed by atoms with van der Waals surface area (Å²) in [6, 6.07) is 10.6. The lowest BCUT2D eigenvalue weighted by atomic mass is 9.84. The third kappa shape index (κ3) is 5.23. The summed E-state index contributed by atoms with van der Waals surface area (Å²) in [5.41, 5.74) is 1.59. The van der Waals surface area contributed by atoms with Crippen LogP contribution in [0, 0.1) is 0 Å². The summed E-state index contributed by atoms with van der Waals surface area (Å²) in [6.45, 7) is 6.76. The quantitative estimate of drug-likeness (QED) is 0.637. The summed E-state index contributed by atoms with van der Waals surface area (Å²) in [5.74, 6) is 0.995. The van der Waals surface area contributed by atoms with Gasteiger partial charge in [-0.25, -0.2) is 0 Å². The second-order valence-corrected chi connectivity index (χ2v) is 8.32. The Labute approximate surface area is 165 Å². The molecule has 5 heteroatoms. The predicted molar refractivity (Wildman–Crippen MR) is 114 cm³/mol. The summed E-state index contributed by atoms with van der Waals surface area (Å²) in [4.78, 5) is 12.0. The first-order valence-corrected chi connectivity index (χ1v) is 10.5. The molecule has 3 rings (SSSR count). The third-order valence-electron chi connectivity index (χ3n) is 6.36. The predicted octanol–water partition coefficient (Wildman–Crippen LogP) is 2.64. The molecule has 0 atom stereocenters. The van der Waals surface area contributed by atoms with E-state index in [9.17, 15) is 0 Å². The first kappa shape index (κ1) is 20.2. The van der Waals surface area contributed by atoms with Crippen LogP contribution in [0.3, 0.4) is 0 Å². The largest absolute Gasteiger partial charge is 0.354 e. The van der Waals surface area contributed by atoms with Crippen LogP contribution >= 0.6 is 0 Å². The Morgan fingerprint density at radius 1 is 1.07 bits per heavy atom. The first-order valence-electron chi connectivity index (χ1n) is 10.5. The number of hydrogen-bond donors (Lipinski definition) is 1. The maximum absolute atomic E-state index is 4.56. The van der Waals surface area contributed by atoms with Crippen LogP contribution in [-0.4, -0.2) is 80.1 Å². The lowest BCUT2D eigenvalue weighted by molar-refractivity contribution is 0.0170. The van der Waals surface area contributed by atoms with Crippen molar-refractivity contribution in [3.05, 3.63) is 35.9 Å². The molecular weight excluding hydrogens is 334 g/mol. The standard InChI is InChI=1S/C22H37N5/c1-23-21(26(3)18-20-10-6-4-7-11-20)24-19-22(12-16-25(2)17-13-22)27-14-8-5-9-15-27/h4,6-7,10-11H,5,8-9,12-19H2,1-3H3,(H,23,24). The van der Waals surface area contributed by atoms with Gasteiger partial charge in [-0.2, -0.15) is 0 Å². The Morgan fingerprint density at radius 3 is 2.37 bits per heavy atom. The number of rotatable bonds is 5. The fraction of sp³-hybridized carbons (Fsp3) is 0.682. The fourth-order valence-corrected chi connectivity index (χ4v) is 4.57. The highest BCUT2D eigenvalue weighted by Gasteiger charge is 2.39. The zero-order valence-electron chi connectivity index (χ0n) is 17.5. The first-order chi connectivity index (χ1) is 13.1. The van der Waals surface area contributed by atoms with Crippen LogP contribution in [0.5, 0.6) is 0 Å². The Hall–Kier alpha value is -1.59. The molecular formula is C22H37N5. The zero-order chi connectivity index (χ0) is 19.1. The molecule has 0 aromatic heterocycles. The van der Waals surface area contributed by atoms with E-state index in [1.807, 2.05) is 7.05 Å². The van der Waals surface area contributed by atoms with Crippen LogP contribution in [-0.2, 0) is 6.54 Å². The van der Waals surface area contributed by atoms with Crippen LogP contribution in [0.1, 0.15) is 37.7 Å². The zero-order valence-corrected chi connectivity index (χ0v) is 17.5. The molecule has 2 saturated heterocycles. The second-order valence-electron chi connectivity index (χ2n) is 8.32. The van der Waals surface area contributed by atoms with Crippen molar-refractivity contribution in [2.75, 3.05) is 53.9 Å². The number of nitrogens with zero attached hydrogens (tertiary/aromatic N) is 4. The second kappa shape index (κ2) is 9.56. The molecule has 150 valence electrons. The summed E-state index contributed by atoms with van der Waals surface area (Å²) < 4.78 is 0. The lowest BCUT2D eigenvalue weighted by Crippen LogP contribution is -2.62. The molecule has 2 fully saturated rings. The maximum atomic E-state index is 4.56. The van der Waals surface area contributed by atoms with Crippen molar-refractivity contribution in [3.8, 4) is 0 Å². The van der Waals surface area contributed by atoms with E-state index in [0.717, 1.165) is 19.0 Å². The van der Waals surface area contributed by atoms with Crippen LogP contribution < -0.4 is 5.32 Å². The molecule has 0 spiro atoms. The maximum Gasteiger partial charge on any atom is 0.193 e. The van der Waals surface area contributed by atoms with Gasteiger partial charge in [-0.05, 0) is 64.5 Å². The highest BCUT2D eigenvalue weighted by atomic mass is 15.3. The van der Waals surface area contributed by atoms with E-state index in [1.54, 1.807) is 0 Å². The highest BCUT2D eigenvalue weighted by Crippen LogP contribution is 2.30. The van der Waals surface area contributed by atoms with Crippen molar-refractivity contribution >= 4 is 5.96 Å². The average molecular weight is 372 g/mol. The summed E-state index contributed by atoms with van der Waals surface area (Å²) >= 11 is 0. The van der Waals surface area contributed by atoms with Crippen LogP contribution in [0.25, 0.3) is 0 Å². The smallest absolute Gasteiger partial charge is 0.193 e. The van der Waals surface area contributed by atoms with Gasteiger partial charge in [0, 0.05) is 32.7 Å². The fourth-order valence-electron chi connectivity index (χ4n) is 4.57. The molecule has 27 heavy (non-hydrogen) atoms. The molecule has 5 nitrogen and oxygen atoms in total. The van der Waals surface area contributed by atoms with Gasteiger partial charge in [-0.1, -0.05) is 36.8 Å². The molecule has 0 unspecified atom stereocenters. The van der Waals surface area contributed by atoms with E-state index < -0.39 is 0 Å². The van der Waals surface area contributed by atoms with Crippen molar-refractivity contribution in [2.24, 2.45) is 4.99 Å². The molecule has 0 bridgehead atoms. The minimum Gasteiger partial charge on any atom is -0.354 e. The van der Waals surface area contributed by atoms with Crippen molar-refractivity contribution in [1.29, 1.82) is 0 Å². The highest BCUT2D eigenvalue weighted by molar-refractivity contribution is 5.79. The van der Waals surface area contributed by atoms with Crippen molar-refractivity contribution < 1.29 is 0 Å². The van der Waals surface area contributed by atoms with Gasteiger partial charge in [0.2, 0.25) is 0 Å². The van der Waals surface area contributed by atoms with Crippen molar-refractivity contribution in [1.82, 2.24) is 20.0 Å². The van der Waals surface area contributed by atoms with Crippen molar-refractivity contribution in [2.45, 2.75) is 44.2 Å². The minimum atomic E-state index is 0.274. The normalized spacial score (nSPS) is 21.8. The number of piperidine rings is 2. The number of hydrogen-bond acceptors (Lipinski definition) is 3. The molecule has 2 aliphatic rings. The summed E-state index contributed by atoms with van der Waals surface area (Å²) in [6.07, 6.45) is 6.58. The van der Waals surface area contributed by atoms with E-state index in [1.165, 1.54) is 63.8 Å². The Bertz CT molecular complexity index is 586. The van der Waals surface area contributed by atoms with E-state index >= 15 is 0 Å². The number of guanidine groups is 1. The van der Waals surface area contributed by atoms with Gasteiger partial charge < -0.3 is 15.1 Å². The van der Waals surface area contributed by atoms with Gasteiger partial charge in [0.1, 0.15) is 0 Å². The topological polar surface area (TPSA) is 34.1 Å². The third-order valence-corrected chi connectivity index (χ3v) is 6.36. The van der Waals surface area contributed by atoms with Gasteiger partial charge in [-0.15, -0.1) is 0 Å². The lowest BCUT2D eigenvalue weighted by Gasteiger charge is -2.50. The molecule has 0 radical (unpaired) electrons. The Kier molecular flexibility index (Phi) is 7.13. The Balaban J connectivity index is 1.64. The molecule has 1 aromatic carbocycles. The molecule has 1 N–H and O–H groups in total. The Morgan fingerprint density at radius 2 is 1.74 bits per heavy atom. The van der Waals surface area contributed by atoms with E-state index in [4.69, 9.17) is 0 Å². The van der Waals surface area contributed by atoms with Gasteiger partial charge in [-0.3, -0.25) is 9.89 Å². The summed E-state index contributed by atoms with van der Waals surface area (Å²) in [7, 11) is 6.27. The number of nitrogens with one attached hydrogen (secondary N) is 1. The van der Waals surface area contributed by atoms with Gasteiger partial charge in [0.05, 0.1) is 0 Å². The van der Waals surface area contributed by atoms with E-state index in [2.05, 4.69) is 69.4 Å². The van der Waals surface area contributed by atoms with E-state index in [-0.39, 0.29) is 5.54 Å². The number of likely N-dealkylation sites (tertiary alicyclic amines) is 2. The van der Waals surface area contributed by atoms with Gasteiger partial charge in [0.25, 0.3) is 0 Å². The van der Waals surface area contributed by atoms with Crippen LogP contribution in [0.2, 0.25) is 0 Å². The average Bonchev–Trinajstić information content (AvgIpc) is 2.71. The van der Waals surface area contributed by atoms with Crippen LogP contribution in [0.15, 0.2) is 35.3 Å².